The van der Waals surface area contributed by atoms with Crippen molar-refractivity contribution in [3.05, 3.63) is 35.1 Å². The van der Waals surface area contributed by atoms with Crippen molar-refractivity contribution < 1.29 is 18.3 Å². The van der Waals surface area contributed by atoms with E-state index in [1.165, 1.54) is 11.8 Å². The highest BCUT2D eigenvalue weighted by molar-refractivity contribution is 7.98. The predicted octanol–water partition coefficient (Wildman–Crippen LogP) is 2.31. The number of rotatable bonds is 6. The number of hydrogen-bond acceptors (Lipinski definition) is 3. The molecule has 0 saturated carbocycles. The van der Waals surface area contributed by atoms with Gasteiger partial charge in [0.1, 0.15) is 5.82 Å². The summed E-state index contributed by atoms with van der Waals surface area (Å²) < 4.78 is 38.9. The third-order valence-corrected chi connectivity index (χ3v) is 3.28. The number of thioether (sulfide) groups is 1. The Morgan fingerprint density at radius 1 is 1.22 bits per heavy atom. The Hall–Kier alpha value is -0.720. The van der Waals surface area contributed by atoms with Crippen LogP contribution in [0.5, 0.6) is 0 Å². The first kappa shape index (κ1) is 15.3. The molecule has 0 fully saturated rings. The highest BCUT2D eigenvalue weighted by Crippen LogP contribution is 2.14. The Morgan fingerprint density at radius 2 is 1.83 bits per heavy atom. The van der Waals surface area contributed by atoms with Crippen LogP contribution in [0.1, 0.15) is 12.5 Å². The quantitative estimate of drug-likeness (QED) is 0.784. The second-order valence-electron chi connectivity index (χ2n) is 4.39. The minimum atomic E-state index is -1.20. The fraction of sp³-hybridized carbons (Fsp3) is 0.500. The highest BCUT2D eigenvalue weighted by Gasteiger charge is 2.19. The maximum atomic E-state index is 13.3. The molecule has 1 atom stereocenters. The first-order valence-corrected chi connectivity index (χ1v) is 6.80. The zero-order chi connectivity index (χ0) is 13.8. The Labute approximate surface area is 109 Å². The number of hydrogen-bond donors (Lipinski definition) is 2. The third kappa shape index (κ3) is 4.51. The Bertz CT molecular complexity index is 413. The lowest BCUT2D eigenvalue weighted by atomic mass is 10.1. The number of benzene rings is 1. The molecule has 0 aliphatic carbocycles. The molecule has 2 nitrogen and oxygen atoms in total. The van der Waals surface area contributed by atoms with E-state index in [0.717, 1.165) is 6.07 Å². The van der Waals surface area contributed by atoms with Crippen LogP contribution in [-0.4, -0.2) is 29.3 Å². The first-order valence-electron chi connectivity index (χ1n) is 5.41. The van der Waals surface area contributed by atoms with Crippen LogP contribution in [0.3, 0.4) is 0 Å². The molecule has 1 aromatic carbocycles. The summed E-state index contributed by atoms with van der Waals surface area (Å²) in [5.41, 5.74) is -0.886. The highest BCUT2D eigenvalue weighted by atomic mass is 32.2. The van der Waals surface area contributed by atoms with Crippen LogP contribution in [0.4, 0.5) is 13.2 Å². The maximum Gasteiger partial charge on any atom is 0.161 e. The van der Waals surface area contributed by atoms with E-state index in [0.29, 0.717) is 11.8 Å². The minimum absolute atomic E-state index is 0.0353. The minimum Gasteiger partial charge on any atom is -0.388 e. The lowest BCUT2D eigenvalue weighted by Crippen LogP contribution is -2.39. The van der Waals surface area contributed by atoms with Gasteiger partial charge in [0, 0.05) is 30.5 Å². The second kappa shape index (κ2) is 6.45. The number of aliphatic hydroxyl groups is 1. The van der Waals surface area contributed by atoms with Crippen molar-refractivity contribution in [1.29, 1.82) is 0 Å². The van der Waals surface area contributed by atoms with E-state index in [1.54, 1.807) is 6.92 Å². The molecule has 0 saturated heterocycles. The van der Waals surface area contributed by atoms with E-state index < -0.39 is 23.1 Å². The molecule has 0 aliphatic rings. The smallest absolute Gasteiger partial charge is 0.161 e. The van der Waals surface area contributed by atoms with Gasteiger partial charge < -0.3 is 10.4 Å². The SMILES string of the molecule is CSCC(C)(O)CNCc1cc(F)c(F)cc1F. The standard InChI is InChI=1S/C12H16F3NOS/c1-12(17,7-18-2)6-16-5-8-3-10(14)11(15)4-9(8)13/h3-4,16-17H,5-7H2,1-2H3. The summed E-state index contributed by atoms with van der Waals surface area (Å²) in [5.74, 6) is -2.55. The summed E-state index contributed by atoms with van der Waals surface area (Å²) in [6.07, 6.45) is 1.86. The van der Waals surface area contributed by atoms with Crippen molar-refractivity contribution in [3.8, 4) is 0 Å². The summed E-state index contributed by atoms with van der Waals surface area (Å²) in [6, 6.07) is 1.34. The van der Waals surface area contributed by atoms with Gasteiger partial charge in [0.05, 0.1) is 5.60 Å². The van der Waals surface area contributed by atoms with Crippen LogP contribution < -0.4 is 5.32 Å². The molecule has 0 bridgehead atoms. The van der Waals surface area contributed by atoms with Crippen LogP contribution >= 0.6 is 11.8 Å². The van der Waals surface area contributed by atoms with Crippen molar-refractivity contribution in [1.82, 2.24) is 5.32 Å². The normalized spacial score (nSPS) is 14.6. The van der Waals surface area contributed by atoms with E-state index in [-0.39, 0.29) is 18.7 Å². The summed E-state index contributed by atoms with van der Waals surface area (Å²) in [4.78, 5) is 0. The predicted molar refractivity (Wildman–Crippen MR) is 67.0 cm³/mol. The second-order valence-corrected chi connectivity index (χ2v) is 5.26. The van der Waals surface area contributed by atoms with Crippen molar-refractivity contribution >= 4 is 11.8 Å². The molecular weight excluding hydrogens is 263 g/mol. The molecule has 0 amide bonds. The molecule has 6 heteroatoms. The maximum absolute atomic E-state index is 13.3. The van der Waals surface area contributed by atoms with Gasteiger partial charge in [-0.1, -0.05) is 0 Å². The van der Waals surface area contributed by atoms with Crippen molar-refractivity contribution in [2.45, 2.75) is 19.1 Å². The molecular formula is C12H16F3NOS. The molecule has 102 valence electrons. The zero-order valence-electron chi connectivity index (χ0n) is 10.3. The zero-order valence-corrected chi connectivity index (χ0v) is 11.1. The monoisotopic (exact) mass is 279 g/mol. The Morgan fingerprint density at radius 3 is 2.44 bits per heavy atom. The van der Waals surface area contributed by atoms with Gasteiger partial charge in [-0.15, -0.1) is 0 Å². The van der Waals surface area contributed by atoms with Gasteiger partial charge in [-0.3, -0.25) is 0 Å². The van der Waals surface area contributed by atoms with E-state index >= 15 is 0 Å². The number of nitrogens with one attached hydrogen (secondary N) is 1. The average molecular weight is 279 g/mol. The number of halogens is 3. The van der Waals surface area contributed by atoms with E-state index in [1.807, 2.05) is 6.26 Å². The van der Waals surface area contributed by atoms with Crippen molar-refractivity contribution in [2.24, 2.45) is 0 Å². The van der Waals surface area contributed by atoms with Crippen LogP contribution in [0.2, 0.25) is 0 Å². The third-order valence-electron chi connectivity index (χ3n) is 2.37. The van der Waals surface area contributed by atoms with Gasteiger partial charge in [-0.25, -0.2) is 13.2 Å². The molecule has 1 unspecified atom stereocenters. The molecule has 0 heterocycles. The molecule has 0 aromatic heterocycles. The fourth-order valence-electron chi connectivity index (χ4n) is 1.53. The molecule has 18 heavy (non-hydrogen) atoms. The lowest BCUT2D eigenvalue weighted by Gasteiger charge is -2.22. The van der Waals surface area contributed by atoms with Crippen LogP contribution in [0, 0.1) is 17.5 Å². The Balaban J connectivity index is 2.57. The van der Waals surface area contributed by atoms with E-state index in [2.05, 4.69) is 5.32 Å². The molecule has 1 rings (SSSR count). The Kier molecular flexibility index (Phi) is 5.49. The van der Waals surface area contributed by atoms with Gasteiger partial charge in [-0.05, 0) is 19.2 Å². The van der Waals surface area contributed by atoms with Gasteiger partial charge in [-0.2, -0.15) is 11.8 Å². The molecule has 0 aliphatic heterocycles. The largest absolute Gasteiger partial charge is 0.388 e. The average Bonchev–Trinajstić information content (AvgIpc) is 2.25. The van der Waals surface area contributed by atoms with Crippen molar-refractivity contribution in [3.63, 3.8) is 0 Å². The molecule has 1 aromatic rings. The van der Waals surface area contributed by atoms with Crippen LogP contribution in [0.15, 0.2) is 12.1 Å². The molecule has 0 radical (unpaired) electrons. The lowest BCUT2D eigenvalue weighted by molar-refractivity contribution is 0.0845. The molecule has 0 spiro atoms. The van der Waals surface area contributed by atoms with Crippen LogP contribution in [0.25, 0.3) is 0 Å². The van der Waals surface area contributed by atoms with Gasteiger partial charge in [0.25, 0.3) is 0 Å². The van der Waals surface area contributed by atoms with E-state index in [9.17, 15) is 18.3 Å². The molecule has 2 N–H and O–H groups in total. The van der Waals surface area contributed by atoms with E-state index in [4.69, 9.17) is 0 Å². The summed E-state index contributed by atoms with van der Waals surface area (Å²) >= 11 is 1.49. The topological polar surface area (TPSA) is 32.3 Å². The van der Waals surface area contributed by atoms with Crippen LogP contribution in [-0.2, 0) is 6.54 Å². The van der Waals surface area contributed by atoms with Gasteiger partial charge in [0.2, 0.25) is 0 Å². The van der Waals surface area contributed by atoms with Gasteiger partial charge in [0.15, 0.2) is 11.6 Å². The fourth-order valence-corrected chi connectivity index (χ4v) is 2.25. The van der Waals surface area contributed by atoms with Gasteiger partial charge >= 0.3 is 0 Å². The summed E-state index contributed by atoms with van der Waals surface area (Å²) in [5, 5.41) is 12.7. The summed E-state index contributed by atoms with van der Waals surface area (Å²) in [7, 11) is 0. The summed E-state index contributed by atoms with van der Waals surface area (Å²) in [6.45, 7) is 1.93. The first-order chi connectivity index (χ1) is 8.35. The van der Waals surface area contributed by atoms with Crippen molar-refractivity contribution in [2.75, 3.05) is 18.6 Å².